The van der Waals surface area contributed by atoms with Crippen LogP contribution in [-0.4, -0.2) is 6.71 Å². The molecule has 0 radical (unpaired) electrons. The minimum Gasteiger partial charge on any atom is -0.311 e. The van der Waals surface area contributed by atoms with Gasteiger partial charge in [-0.05, 0) is 126 Å². The van der Waals surface area contributed by atoms with E-state index in [1.54, 1.807) is 0 Å². The van der Waals surface area contributed by atoms with Crippen LogP contribution in [0, 0.1) is 13.8 Å². The van der Waals surface area contributed by atoms with Crippen LogP contribution in [0.3, 0.4) is 0 Å². The maximum absolute atomic E-state index is 2.52. The quantitative estimate of drug-likeness (QED) is 0.153. The molecule has 0 bridgehead atoms. The Hall–Kier alpha value is -6.00. The molecule has 4 heteroatoms. The summed E-state index contributed by atoms with van der Waals surface area (Å²) in [6.45, 7) is 13.6. The topological polar surface area (TPSA) is 9.72 Å². The molecule has 264 valence electrons. The van der Waals surface area contributed by atoms with E-state index < -0.39 is 0 Å². The maximum Gasteiger partial charge on any atom is 0.252 e. The molecule has 3 nitrogen and oxygen atoms in total. The summed E-state index contributed by atoms with van der Waals surface area (Å²) in [7, 11) is 0. The lowest BCUT2D eigenvalue weighted by molar-refractivity contribution is 0.867. The van der Waals surface area contributed by atoms with Crippen LogP contribution in [0.25, 0.3) is 0 Å². The van der Waals surface area contributed by atoms with Gasteiger partial charge in [0.2, 0.25) is 0 Å². The van der Waals surface area contributed by atoms with Crippen molar-refractivity contribution in [2.45, 2.75) is 53.4 Å². The van der Waals surface area contributed by atoms with E-state index in [1.807, 2.05) is 0 Å². The second-order valence-electron chi connectivity index (χ2n) is 15.6. The van der Waals surface area contributed by atoms with Crippen molar-refractivity contribution in [3.8, 4) is 0 Å². The van der Waals surface area contributed by atoms with Gasteiger partial charge in [0.1, 0.15) is 0 Å². The molecule has 7 aromatic rings. The van der Waals surface area contributed by atoms with Gasteiger partial charge in [-0.25, -0.2) is 0 Å². The zero-order valence-corrected chi connectivity index (χ0v) is 32.1. The lowest BCUT2D eigenvalue weighted by atomic mass is 9.33. The van der Waals surface area contributed by atoms with Crippen molar-refractivity contribution in [2.24, 2.45) is 0 Å². The molecular formula is C50H46BN3. The predicted octanol–water partition coefficient (Wildman–Crippen LogP) is 12.1. The van der Waals surface area contributed by atoms with E-state index >= 15 is 0 Å². The number of aryl methyl sites for hydroxylation is 2. The Labute approximate surface area is 321 Å². The molecule has 0 saturated heterocycles. The van der Waals surface area contributed by atoms with Crippen LogP contribution in [-0.2, 0) is 0 Å². The fraction of sp³-hybridized carbons (Fsp3) is 0.160. The molecule has 2 aliphatic rings. The summed E-state index contributed by atoms with van der Waals surface area (Å²) >= 11 is 0. The van der Waals surface area contributed by atoms with Gasteiger partial charge < -0.3 is 14.7 Å². The highest BCUT2D eigenvalue weighted by Crippen LogP contribution is 2.48. The van der Waals surface area contributed by atoms with Gasteiger partial charge >= 0.3 is 0 Å². The van der Waals surface area contributed by atoms with Gasteiger partial charge in [0.25, 0.3) is 6.71 Å². The molecule has 7 aromatic carbocycles. The molecule has 0 atom stereocenters. The summed E-state index contributed by atoms with van der Waals surface area (Å²) in [6.07, 6.45) is 0. The molecule has 2 heterocycles. The van der Waals surface area contributed by atoms with Crippen LogP contribution < -0.4 is 31.1 Å². The third-order valence-corrected chi connectivity index (χ3v) is 11.3. The van der Waals surface area contributed by atoms with Crippen molar-refractivity contribution in [2.75, 3.05) is 14.7 Å². The molecule has 9 rings (SSSR count). The monoisotopic (exact) mass is 699 g/mol. The van der Waals surface area contributed by atoms with E-state index in [4.69, 9.17) is 0 Å². The highest BCUT2D eigenvalue weighted by atomic mass is 15.2. The summed E-state index contributed by atoms with van der Waals surface area (Å²) in [5.41, 5.74) is 19.8. The van der Waals surface area contributed by atoms with Gasteiger partial charge in [-0.3, -0.25) is 0 Å². The number of para-hydroxylation sites is 2. The minimum absolute atomic E-state index is 0.0525. The summed E-state index contributed by atoms with van der Waals surface area (Å²) in [5, 5.41) is 0. The number of hydrogen-bond acceptors (Lipinski definition) is 3. The number of nitrogens with zero attached hydrogens (tertiary/aromatic N) is 3. The summed E-state index contributed by atoms with van der Waals surface area (Å²) in [4.78, 5) is 7.45. The second kappa shape index (κ2) is 13.4. The first-order chi connectivity index (χ1) is 26.3. The van der Waals surface area contributed by atoms with Gasteiger partial charge in [0, 0.05) is 45.5 Å². The molecule has 0 saturated carbocycles. The van der Waals surface area contributed by atoms with Crippen LogP contribution in [0.2, 0.25) is 0 Å². The third kappa shape index (κ3) is 5.69. The second-order valence-corrected chi connectivity index (χ2v) is 15.6. The van der Waals surface area contributed by atoms with E-state index in [9.17, 15) is 0 Å². The lowest BCUT2D eigenvalue weighted by Gasteiger charge is -2.45. The zero-order chi connectivity index (χ0) is 37.1. The molecule has 0 aliphatic carbocycles. The van der Waals surface area contributed by atoms with Crippen molar-refractivity contribution in [1.29, 1.82) is 0 Å². The van der Waals surface area contributed by atoms with Crippen LogP contribution in [0.1, 0.15) is 61.8 Å². The Balaban J connectivity index is 1.43. The molecule has 0 unspecified atom stereocenters. The van der Waals surface area contributed by atoms with Gasteiger partial charge in [-0.2, -0.15) is 0 Å². The zero-order valence-electron chi connectivity index (χ0n) is 32.1. The molecule has 0 spiro atoms. The highest BCUT2D eigenvalue weighted by molar-refractivity contribution is 7.00. The van der Waals surface area contributed by atoms with Crippen molar-refractivity contribution in [3.05, 3.63) is 180 Å². The normalized spacial score (nSPS) is 12.9. The average molecular weight is 700 g/mol. The number of hydrogen-bond donors (Lipinski definition) is 0. The first-order valence-electron chi connectivity index (χ1n) is 19.4. The standard InChI is InChI=1S/C50H46BN3/c1-33(2)37-21-27-46-44(29-37)51-45-30-38(34(3)4)22-28-47(45)54(42-25-19-36(6)20-26-42)49-32-43(31-48(50(49)51)53(46)41-23-17-35(5)18-24-41)52(39-13-9-7-10-14-39)40-15-11-8-12-16-40/h7-34H,1-6H3. The Morgan fingerprint density at radius 2 is 0.833 bits per heavy atom. The average Bonchev–Trinajstić information content (AvgIpc) is 3.19. The molecular weight excluding hydrogens is 653 g/mol. The third-order valence-electron chi connectivity index (χ3n) is 11.3. The van der Waals surface area contributed by atoms with E-state index in [2.05, 4.69) is 214 Å². The van der Waals surface area contributed by atoms with Gasteiger partial charge in [0.05, 0.1) is 5.69 Å². The molecule has 0 aromatic heterocycles. The Morgan fingerprint density at radius 3 is 1.22 bits per heavy atom. The van der Waals surface area contributed by atoms with Crippen molar-refractivity contribution >= 4 is 74.3 Å². The van der Waals surface area contributed by atoms with Gasteiger partial charge in [0.15, 0.2) is 0 Å². The summed E-state index contributed by atoms with van der Waals surface area (Å²) in [5.74, 6) is 0.816. The molecule has 54 heavy (non-hydrogen) atoms. The number of anilines is 9. The SMILES string of the molecule is Cc1ccc(N2c3ccc(C(C)C)cc3B3c4cc(C(C)C)ccc4N(c4ccc(C)cc4)c4cc(N(c5ccccc5)c5ccccc5)cc2c43)cc1. The smallest absolute Gasteiger partial charge is 0.252 e. The first kappa shape index (κ1) is 33.8. The predicted molar refractivity (Wildman–Crippen MR) is 233 cm³/mol. The minimum atomic E-state index is 0.0525. The molecule has 0 amide bonds. The molecule has 2 aliphatic heterocycles. The van der Waals surface area contributed by atoms with Crippen molar-refractivity contribution in [1.82, 2.24) is 0 Å². The number of benzene rings is 7. The van der Waals surface area contributed by atoms with E-state index in [1.165, 1.54) is 61.4 Å². The fourth-order valence-corrected chi connectivity index (χ4v) is 8.42. The highest BCUT2D eigenvalue weighted by Gasteiger charge is 2.44. The van der Waals surface area contributed by atoms with Crippen LogP contribution >= 0.6 is 0 Å². The lowest BCUT2D eigenvalue weighted by Crippen LogP contribution is -2.61. The summed E-state index contributed by atoms with van der Waals surface area (Å²) < 4.78 is 0. The Kier molecular flexibility index (Phi) is 8.42. The van der Waals surface area contributed by atoms with Crippen molar-refractivity contribution in [3.63, 3.8) is 0 Å². The number of rotatable bonds is 7. The van der Waals surface area contributed by atoms with Crippen molar-refractivity contribution < 1.29 is 0 Å². The summed E-state index contributed by atoms with van der Waals surface area (Å²) in [6, 6.07) is 59.0. The first-order valence-corrected chi connectivity index (χ1v) is 19.4. The van der Waals surface area contributed by atoms with Gasteiger partial charge in [-0.15, -0.1) is 0 Å². The van der Waals surface area contributed by atoms with Gasteiger partial charge in [-0.1, -0.05) is 124 Å². The van der Waals surface area contributed by atoms with Crippen LogP contribution in [0.5, 0.6) is 0 Å². The van der Waals surface area contributed by atoms with E-state index in [-0.39, 0.29) is 6.71 Å². The molecule has 0 fully saturated rings. The Bertz CT molecular complexity index is 2300. The molecule has 0 N–H and O–H groups in total. The maximum atomic E-state index is 2.52. The largest absolute Gasteiger partial charge is 0.311 e. The van der Waals surface area contributed by atoms with E-state index in [0.29, 0.717) is 11.8 Å². The Morgan fingerprint density at radius 1 is 0.426 bits per heavy atom. The van der Waals surface area contributed by atoms with Crippen LogP contribution in [0.4, 0.5) is 51.2 Å². The van der Waals surface area contributed by atoms with Crippen LogP contribution in [0.15, 0.2) is 158 Å². The van der Waals surface area contributed by atoms with E-state index in [0.717, 1.165) is 28.4 Å². The fourth-order valence-electron chi connectivity index (χ4n) is 8.42. The number of fused-ring (bicyclic) bond motifs is 4.